The summed E-state index contributed by atoms with van der Waals surface area (Å²) in [6, 6.07) is 37.7. The molecule has 4 aromatic carbocycles. The number of fused-ring (bicyclic) bond motifs is 5. The van der Waals surface area contributed by atoms with Gasteiger partial charge in [-0.1, -0.05) is 86.6 Å². The van der Waals surface area contributed by atoms with Crippen molar-refractivity contribution in [2.75, 3.05) is 0 Å². The molecule has 0 unspecified atom stereocenters. The smallest absolute Gasteiger partial charge is 0.131 e. The molecule has 0 aliphatic carbocycles. The molecule has 0 atom stereocenters. The van der Waals surface area contributed by atoms with Gasteiger partial charge < -0.3 is 4.74 Å². The molecule has 0 saturated carbocycles. The van der Waals surface area contributed by atoms with Crippen LogP contribution in [0.1, 0.15) is 25.0 Å². The van der Waals surface area contributed by atoms with Crippen LogP contribution in [-0.4, -0.2) is 9.97 Å². The lowest BCUT2D eigenvalue weighted by atomic mass is 9.75. The number of hydrogen-bond acceptors (Lipinski definition) is 3. The van der Waals surface area contributed by atoms with Crippen LogP contribution in [0.5, 0.6) is 11.5 Å². The van der Waals surface area contributed by atoms with E-state index in [2.05, 4.69) is 92.7 Å². The first-order valence-electron chi connectivity index (χ1n) is 12.3. The third-order valence-electron chi connectivity index (χ3n) is 7.32. The first-order chi connectivity index (χ1) is 17.6. The van der Waals surface area contributed by atoms with Gasteiger partial charge in [0.25, 0.3) is 0 Å². The van der Waals surface area contributed by atoms with Gasteiger partial charge in [0.05, 0.1) is 22.4 Å². The summed E-state index contributed by atoms with van der Waals surface area (Å²) in [6.07, 6.45) is 0. The Morgan fingerprint density at radius 3 is 1.83 bits per heavy atom. The lowest BCUT2D eigenvalue weighted by Crippen LogP contribution is -2.24. The molecule has 172 valence electrons. The summed E-state index contributed by atoms with van der Waals surface area (Å²) in [7, 11) is 0. The van der Waals surface area contributed by atoms with Crippen molar-refractivity contribution in [3.05, 3.63) is 120 Å². The van der Waals surface area contributed by atoms with E-state index in [1.807, 2.05) is 30.3 Å². The topological polar surface area (TPSA) is 35.0 Å². The van der Waals surface area contributed by atoms with Gasteiger partial charge in [-0.05, 0) is 36.4 Å². The number of aromatic nitrogens is 2. The number of ether oxygens (including phenoxy) is 1. The molecular weight excluding hydrogens is 440 g/mol. The molecule has 3 nitrogen and oxygen atoms in total. The summed E-state index contributed by atoms with van der Waals surface area (Å²) in [4.78, 5) is 10.2. The van der Waals surface area contributed by atoms with Crippen molar-refractivity contribution in [1.29, 1.82) is 0 Å². The minimum Gasteiger partial charge on any atom is -0.457 e. The lowest BCUT2D eigenvalue weighted by molar-refractivity contribution is 0.418. The Morgan fingerprint density at radius 2 is 1.11 bits per heavy atom. The Morgan fingerprint density at radius 1 is 0.528 bits per heavy atom. The van der Waals surface area contributed by atoms with Crippen LogP contribution in [0.15, 0.2) is 109 Å². The number of para-hydroxylation sites is 1. The van der Waals surface area contributed by atoms with Crippen molar-refractivity contribution in [2.45, 2.75) is 19.3 Å². The fourth-order valence-corrected chi connectivity index (χ4v) is 5.30. The van der Waals surface area contributed by atoms with E-state index in [1.54, 1.807) is 0 Å². The summed E-state index contributed by atoms with van der Waals surface area (Å²) in [6.45, 7) is 4.51. The van der Waals surface area contributed by atoms with Gasteiger partial charge in [-0.25, -0.2) is 9.97 Å². The molecule has 0 spiro atoms. The molecule has 0 N–H and O–H groups in total. The molecular formula is C33H24N2O. The number of pyridine rings is 2. The van der Waals surface area contributed by atoms with E-state index in [9.17, 15) is 0 Å². The van der Waals surface area contributed by atoms with Crippen LogP contribution in [0.25, 0.3) is 44.3 Å². The van der Waals surface area contributed by atoms with E-state index in [1.165, 1.54) is 11.1 Å². The minimum absolute atomic E-state index is 0.171. The van der Waals surface area contributed by atoms with Gasteiger partial charge in [-0.2, -0.15) is 0 Å². The SMILES string of the molecule is CC1(C)c2ccccc2Oc2ccc(-c3ccc4ccc5ccc(-c6ccccc6)nc5c4n3)cc21. The van der Waals surface area contributed by atoms with E-state index >= 15 is 0 Å². The molecule has 1 aliphatic heterocycles. The molecule has 1 aliphatic rings. The van der Waals surface area contributed by atoms with Gasteiger partial charge in [0.1, 0.15) is 11.5 Å². The van der Waals surface area contributed by atoms with Gasteiger partial charge in [-0.3, -0.25) is 0 Å². The second kappa shape index (κ2) is 7.76. The van der Waals surface area contributed by atoms with E-state index in [4.69, 9.17) is 14.7 Å². The van der Waals surface area contributed by atoms with Crippen molar-refractivity contribution in [3.63, 3.8) is 0 Å². The van der Waals surface area contributed by atoms with E-state index in [0.717, 1.165) is 55.8 Å². The molecule has 0 saturated heterocycles. The molecule has 0 bridgehead atoms. The third-order valence-corrected chi connectivity index (χ3v) is 7.32. The summed E-state index contributed by atoms with van der Waals surface area (Å²) in [5.74, 6) is 1.83. The average Bonchev–Trinajstić information content (AvgIpc) is 2.93. The van der Waals surface area contributed by atoms with Gasteiger partial charge >= 0.3 is 0 Å². The molecule has 6 aromatic rings. The quantitative estimate of drug-likeness (QED) is 0.241. The zero-order valence-electron chi connectivity index (χ0n) is 20.2. The average molecular weight is 465 g/mol. The molecule has 3 heterocycles. The van der Waals surface area contributed by atoms with E-state index in [-0.39, 0.29) is 5.41 Å². The lowest BCUT2D eigenvalue weighted by Gasteiger charge is -2.34. The molecule has 0 radical (unpaired) electrons. The van der Waals surface area contributed by atoms with Crippen LogP contribution in [0.2, 0.25) is 0 Å². The highest BCUT2D eigenvalue weighted by molar-refractivity contribution is 6.04. The molecule has 0 amide bonds. The third kappa shape index (κ3) is 3.20. The maximum Gasteiger partial charge on any atom is 0.131 e. The van der Waals surface area contributed by atoms with Gasteiger partial charge in [0.15, 0.2) is 0 Å². The maximum atomic E-state index is 6.26. The highest BCUT2D eigenvalue weighted by Gasteiger charge is 2.34. The Kier molecular flexibility index (Phi) is 4.49. The number of hydrogen-bond donors (Lipinski definition) is 0. The highest BCUT2D eigenvalue weighted by atomic mass is 16.5. The fourth-order valence-electron chi connectivity index (χ4n) is 5.30. The predicted octanol–water partition coefficient (Wildman–Crippen LogP) is 8.55. The van der Waals surface area contributed by atoms with Crippen LogP contribution < -0.4 is 4.74 Å². The van der Waals surface area contributed by atoms with Gasteiger partial charge in [-0.15, -0.1) is 0 Å². The largest absolute Gasteiger partial charge is 0.457 e. The van der Waals surface area contributed by atoms with Crippen LogP contribution in [-0.2, 0) is 5.41 Å². The summed E-state index contributed by atoms with van der Waals surface area (Å²) < 4.78 is 6.26. The first-order valence-corrected chi connectivity index (χ1v) is 12.3. The minimum atomic E-state index is -0.171. The standard InChI is InChI=1S/C33H24N2O/c1-33(2)25-10-6-7-11-29(25)36-30-19-16-24(20-26(30)33)28-18-15-23-13-12-22-14-17-27(21-8-4-3-5-9-21)34-31(22)32(23)35-28/h3-20H,1-2H3. The Hall–Kier alpha value is -4.50. The van der Waals surface area contributed by atoms with Crippen LogP contribution in [0.4, 0.5) is 0 Å². The first kappa shape index (κ1) is 20.8. The second-order valence-electron chi connectivity index (χ2n) is 9.90. The number of benzene rings is 4. The van der Waals surface area contributed by atoms with Crippen molar-refractivity contribution >= 4 is 21.8 Å². The molecule has 2 aromatic heterocycles. The summed E-state index contributed by atoms with van der Waals surface area (Å²) >= 11 is 0. The Labute approximate surface area is 210 Å². The summed E-state index contributed by atoms with van der Waals surface area (Å²) in [5.41, 5.74) is 8.09. The van der Waals surface area contributed by atoms with Crippen molar-refractivity contribution in [2.24, 2.45) is 0 Å². The van der Waals surface area contributed by atoms with Crippen LogP contribution >= 0.6 is 0 Å². The summed E-state index contributed by atoms with van der Waals surface area (Å²) in [5, 5.41) is 2.17. The fraction of sp³-hybridized carbons (Fsp3) is 0.0909. The Bertz CT molecular complexity index is 1790. The van der Waals surface area contributed by atoms with E-state index < -0.39 is 0 Å². The highest BCUT2D eigenvalue weighted by Crippen LogP contribution is 2.48. The normalized spacial score (nSPS) is 13.7. The number of nitrogens with zero attached hydrogens (tertiary/aromatic N) is 2. The molecule has 0 fully saturated rings. The molecule has 36 heavy (non-hydrogen) atoms. The monoisotopic (exact) mass is 464 g/mol. The molecule has 3 heteroatoms. The zero-order valence-corrected chi connectivity index (χ0v) is 20.2. The van der Waals surface area contributed by atoms with Gasteiger partial charge in [0, 0.05) is 38.4 Å². The van der Waals surface area contributed by atoms with Crippen LogP contribution in [0.3, 0.4) is 0 Å². The van der Waals surface area contributed by atoms with Crippen molar-refractivity contribution in [3.8, 4) is 34.0 Å². The molecule has 7 rings (SSSR count). The zero-order chi connectivity index (χ0) is 24.3. The number of rotatable bonds is 2. The maximum absolute atomic E-state index is 6.26. The van der Waals surface area contributed by atoms with Gasteiger partial charge in [0.2, 0.25) is 0 Å². The Balaban J connectivity index is 1.38. The van der Waals surface area contributed by atoms with E-state index in [0.29, 0.717) is 0 Å². The van der Waals surface area contributed by atoms with Crippen molar-refractivity contribution < 1.29 is 4.74 Å². The predicted molar refractivity (Wildman–Crippen MR) is 147 cm³/mol. The van der Waals surface area contributed by atoms with Crippen LogP contribution in [0, 0.1) is 0 Å². The van der Waals surface area contributed by atoms with Crippen molar-refractivity contribution in [1.82, 2.24) is 9.97 Å². The second-order valence-corrected chi connectivity index (χ2v) is 9.90.